The quantitative estimate of drug-likeness (QED) is 0.602. The number of aromatic nitrogens is 1. The number of oxazole rings is 1. The number of fused-ring (bicyclic) bond motifs is 1. The van der Waals surface area contributed by atoms with E-state index in [9.17, 15) is 4.79 Å². The lowest BCUT2D eigenvalue weighted by atomic mass is 10.2. The Hall–Kier alpha value is -2.18. The lowest BCUT2D eigenvalue weighted by Crippen LogP contribution is -2.28. The third kappa shape index (κ3) is 4.27. The zero-order chi connectivity index (χ0) is 17.8. The molecule has 3 rings (SSSR count). The Kier molecular flexibility index (Phi) is 5.50. The molecule has 0 bridgehead atoms. The van der Waals surface area contributed by atoms with Gasteiger partial charge >= 0.3 is 0 Å². The van der Waals surface area contributed by atoms with Gasteiger partial charge in [0.05, 0.1) is 12.9 Å². The van der Waals surface area contributed by atoms with Gasteiger partial charge in [0.1, 0.15) is 11.3 Å². The fourth-order valence-corrected chi connectivity index (χ4v) is 3.30. The number of methoxy groups -OCH3 is 1. The summed E-state index contributed by atoms with van der Waals surface area (Å²) in [5.74, 6) is 0.994. The molecule has 25 heavy (non-hydrogen) atoms. The van der Waals surface area contributed by atoms with Crippen LogP contribution in [0.3, 0.4) is 0 Å². The van der Waals surface area contributed by atoms with E-state index in [4.69, 9.17) is 20.8 Å². The van der Waals surface area contributed by atoms with E-state index in [0.29, 0.717) is 27.9 Å². The van der Waals surface area contributed by atoms with Crippen LogP contribution in [0.4, 0.5) is 0 Å². The van der Waals surface area contributed by atoms with Crippen LogP contribution in [-0.4, -0.2) is 35.7 Å². The summed E-state index contributed by atoms with van der Waals surface area (Å²) in [4.78, 5) is 18.4. The van der Waals surface area contributed by atoms with Crippen LogP contribution in [0.1, 0.15) is 5.56 Å². The van der Waals surface area contributed by atoms with Crippen molar-refractivity contribution < 1.29 is 13.9 Å². The van der Waals surface area contributed by atoms with Crippen molar-refractivity contribution in [1.29, 1.82) is 0 Å². The molecule has 0 aliphatic heterocycles. The monoisotopic (exact) mass is 376 g/mol. The zero-order valence-electron chi connectivity index (χ0n) is 13.9. The van der Waals surface area contributed by atoms with Crippen LogP contribution in [-0.2, 0) is 11.3 Å². The second-order valence-corrected chi connectivity index (χ2v) is 6.81. The fourth-order valence-electron chi connectivity index (χ4n) is 2.35. The minimum Gasteiger partial charge on any atom is -0.496 e. The third-order valence-electron chi connectivity index (χ3n) is 3.67. The standard InChI is InChI=1S/C18H17ClN2O3S/c1-21(10-12-5-3-4-6-15(12)23-2)17(22)11-25-18-20-14-9-13(19)7-8-16(14)24-18/h3-9H,10-11H2,1-2H3. The van der Waals surface area contributed by atoms with Gasteiger partial charge in [0.25, 0.3) is 5.22 Å². The molecular weight excluding hydrogens is 360 g/mol. The van der Waals surface area contributed by atoms with Gasteiger partial charge in [-0.2, -0.15) is 0 Å². The molecule has 0 saturated heterocycles. The Morgan fingerprint density at radius 2 is 2.12 bits per heavy atom. The number of thioether (sulfide) groups is 1. The van der Waals surface area contributed by atoms with E-state index >= 15 is 0 Å². The molecule has 0 fully saturated rings. The Morgan fingerprint density at radius 3 is 2.92 bits per heavy atom. The molecule has 3 aromatic rings. The van der Waals surface area contributed by atoms with E-state index in [2.05, 4.69) is 4.98 Å². The van der Waals surface area contributed by atoms with Crippen LogP contribution < -0.4 is 4.74 Å². The number of carbonyl (C=O) groups is 1. The number of para-hydroxylation sites is 1. The van der Waals surface area contributed by atoms with Crippen LogP contribution >= 0.6 is 23.4 Å². The molecule has 7 heteroatoms. The topological polar surface area (TPSA) is 55.6 Å². The van der Waals surface area contributed by atoms with Crippen molar-refractivity contribution >= 4 is 40.4 Å². The number of hydrogen-bond donors (Lipinski definition) is 0. The molecule has 0 unspecified atom stereocenters. The highest BCUT2D eigenvalue weighted by Crippen LogP contribution is 2.26. The van der Waals surface area contributed by atoms with Gasteiger partial charge in [0, 0.05) is 24.2 Å². The van der Waals surface area contributed by atoms with E-state index in [1.165, 1.54) is 11.8 Å². The summed E-state index contributed by atoms with van der Waals surface area (Å²) in [6.45, 7) is 0.479. The molecule has 0 aliphatic rings. The summed E-state index contributed by atoms with van der Waals surface area (Å²) in [7, 11) is 3.39. The Bertz CT molecular complexity index is 897. The van der Waals surface area contributed by atoms with Gasteiger partial charge in [-0.1, -0.05) is 41.6 Å². The third-order valence-corrected chi connectivity index (χ3v) is 4.72. The van der Waals surface area contributed by atoms with Gasteiger partial charge in [-0.25, -0.2) is 4.98 Å². The Balaban J connectivity index is 1.61. The molecule has 5 nitrogen and oxygen atoms in total. The minimum atomic E-state index is -0.0174. The highest BCUT2D eigenvalue weighted by Gasteiger charge is 2.14. The number of amides is 1. The van der Waals surface area contributed by atoms with Gasteiger partial charge in [0.15, 0.2) is 5.58 Å². The van der Waals surface area contributed by atoms with Crippen LogP contribution in [0, 0.1) is 0 Å². The average Bonchev–Trinajstić information content (AvgIpc) is 3.02. The maximum atomic E-state index is 12.4. The number of carbonyl (C=O) groups excluding carboxylic acids is 1. The molecule has 0 radical (unpaired) electrons. The van der Waals surface area contributed by atoms with E-state index in [0.717, 1.165) is 11.3 Å². The second-order valence-electron chi connectivity index (χ2n) is 5.44. The second kappa shape index (κ2) is 7.80. The summed E-state index contributed by atoms with van der Waals surface area (Å²) in [5.41, 5.74) is 2.30. The van der Waals surface area contributed by atoms with Crippen LogP contribution in [0.25, 0.3) is 11.1 Å². The normalized spacial score (nSPS) is 10.8. The number of ether oxygens (including phenoxy) is 1. The molecule has 1 heterocycles. The lowest BCUT2D eigenvalue weighted by Gasteiger charge is -2.18. The van der Waals surface area contributed by atoms with Crippen molar-refractivity contribution in [3.8, 4) is 5.75 Å². The van der Waals surface area contributed by atoms with Crippen LogP contribution in [0.2, 0.25) is 5.02 Å². The molecule has 0 atom stereocenters. The highest BCUT2D eigenvalue weighted by molar-refractivity contribution is 7.99. The SMILES string of the molecule is COc1ccccc1CN(C)C(=O)CSc1nc2cc(Cl)ccc2o1. The van der Waals surface area contributed by atoms with E-state index in [1.807, 2.05) is 24.3 Å². The average molecular weight is 377 g/mol. The summed E-state index contributed by atoms with van der Waals surface area (Å²) < 4.78 is 10.9. The Morgan fingerprint density at radius 1 is 1.32 bits per heavy atom. The molecule has 1 amide bonds. The lowest BCUT2D eigenvalue weighted by molar-refractivity contribution is -0.127. The molecule has 0 N–H and O–H groups in total. The van der Waals surface area contributed by atoms with Gasteiger partial charge < -0.3 is 14.1 Å². The number of halogens is 1. The summed E-state index contributed by atoms with van der Waals surface area (Å²) in [5, 5.41) is 1.06. The Labute approximate surface area is 154 Å². The number of benzene rings is 2. The van der Waals surface area contributed by atoms with E-state index in [-0.39, 0.29) is 11.7 Å². The molecular formula is C18H17ClN2O3S. The highest BCUT2D eigenvalue weighted by atomic mass is 35.5. The van der Waals surface area contributed by atoms with Gasteiger partial charge in [-0.15, -0.1) is 0 Å². The summed E-state index contributed by atoms with van der Waals surface area (Å²) >= 11 is 7.20. The van der Waals surface area contributed by atoms with Crippen molar-refractivity contribution in [2.24, 2.45) is 0 Å². The predicted molar refractivity (Wildman–Crippen MR) is 99.2 cm³/mol. The largest absolute Gasteiger partial charge is 0.496 e. The maximum Gasteiger partial charge on any atom is 0.257 e. The molecule has 0 saturated carbocycles. The molecule has 1 aromatic heterocycles. The number of rotatable bonds is 6. The molecule has 130 valence electrons. The first-order chi connectivity index (χ1) is 12.1. The zero-order valence-corrected chi connectivity index (χ0v) is 15.4. The van der Waals surface area contributed by atoms with Crippen LogP contribution in [0.5, 0.6) is 5.75 Å². The van der Waals surface area contributed by atoms with Crippen molar-refractivity contribution in [1.82, 2.24) is 9.88 Å². The van der Waals surface area contributed by atoms with Gasteiger partial charge in [-0.05, 0) is 24.3 Å². The molecule has 0 aliphatic carbocycles. The van der Waals surface area contributed by atoms with Crippen molar-refractivity contribution in [3.63, 3.8) is 0 Å². The molecule has 2 aromatic carbocycles. The first-order valence-corrected chi connectivity index (χ1v) is 8.98. The molecule has 0 spiro atoms. The fraction of sp³-hybridized carbons (Fsp3) is 0.222. The number of hydrogen-bond acceptors (Lipinski definition) is 5. The summed E-state index contributed by atoms with van der Waals surface area (Å²) in [6, 6.07) is 12.9. The first kappa shape index (κ1) is 17.6. The maximum absolute atomic E-state index is 12.4. The predicted octanol–water partition coefficient (Wildman–Crippen LogP) is 4.24. The van der Waals surface area contributed by atoms with Gasteiger partial charge in [-0.3, -0.25) is 4.79 Å². The number of nitrogens with zero attached hydrogens (tertiary/aromatic N) is 2. The summed E-state index contributed by atoms with van der Waals surface area (Å²) in [6.07, 6.45) is 0. The van der Waals surface area contributed by atoms with E-state index in [1.54, 1.807) is 37.3 Å². The smallest absolute Gasteiger partial charge is 0.257 e. The van der Waals surface area contributed by atoms with Gasteiger partial charge in [0.2, 0.25) is 5.91 Å². The van der Waals surface area contributed by atoms with Crippen molar-refractivity contribution in [2.75, 3.05) is 19.9 Å². The van der Waals surface area contributed by atoms with Crippen molar-refractivity contribution in [2.45, 2.75) is 11.8 Å². The van der Waals surface area contributed by atoms with Crippen molar-refractivity contribution in [3.05, 3.63) is 53.1 Å². The minimum absolute atomic E-state index is 0.0174. The first-order valence-electron chi connectivity index (χ1n) is 7.61. The van der Waals surface area contributed by atoms with Crippen LogP contribution in [0.15, 0.2) is 52.1 Å². The van der Waals surface area contributed by atoms with E-state index < -0.39 is 0 Å².